The van der Waals surface area contributed by atoms with Gasteiger partial charge in [-0.15, -0.1) is 0 Å². The van der Waals surface area contributed by atoms with Gasteiger partial charge >= 0.3 is 0 Å². The third-order valence-corrected chi connectivity index (χ3v) is 1.64. The van der Waals surface area contributed by atoms with Crippen molar-refractivity contribution in [3.63, 3.8) is 0 Å². The molecule has 11 heavy (non-hydrogen) atoms. The predicted octanol–water partition coefficient (Wildman–Crippen LogP) is 2.53. The van der Waals surface area contributed by atoms with E-state index in [-0.39, 0.29) is 0 Å². The van der Waals surface area contributed by atoms with E-state index in [2.05, 4.69) is 43.0 Å². The fourth-order valence-electron chi connectivity index (χ4n) is 1.00. The summed E-state index contributed by atoms with van der Waals surface area (Å²) in [5.41, 5.74) is 2.77. The van der Waals surface area contributed by atoms with Gasteiger partial charge in [-0.25, -0.2) is 0 Å². The van der Waals surface area contributed by atoms with E-state index < -0.39 is 0 Å². The molecule has 0 fully saturated rings. The van der Waals surface area contributed by atoms with Crippen LogP contribution in [0.4, 0.5) is 0 Å². The van der Waals surface area contributed by atoms with E-state index in [9.17, 15) is 0 Å². The molecule has 0 spiro atoms. The molecule has 1 heterocycles. The lowest BCUT2D eigenvalue weighted by atomic mass is 10.2. The summed E-state index contributed by atoms with van der Waals surface area (Å²) in [4.78, 5) is 0. The molecule has 1 heteroatoms. The van der Waals surface area contributed by atoms with Crippen molar-refractivity contribution >= 4 is 0 Å². The Kier molecular flexibility index (Phi) is 2.53. The first-order valence-corrected chi connectivity index (χ1v) is 3.92. The molecule has 0 aliphatic carbocycles. The Labute approximate surface area is 68.4 Å². The van der Waals surface area contributed by atoms with Gasteiger partial charge in [-0.1, -0.05) is 11.6 Å². The smallest absolute Gasteiger partial charge is 0.0106 e. The van der Waals surface area contributed by atoms with Crippen molar-refractivity contribution in [3.05, 3.63) is 35.7 Å². The molecular formula is C10H15N. The molecule has 0 bridgehead atoms. The minimum absolute atomic E-state index is 1.06. The summed E-state index contributed by atoms with van der Waals surface area (Å²) in [7, 11) is 2.05. The number of allylic oxidation sites excluding steroid dienone is 2. The Morgan fingerprint density at radius 1 is 1.55 bits per heavy atom. The molecular weight excluding hydrogens is 134 g/mol. The van der Waals surface area contributed by atoms with Gasteiger partial charge in [0.1, 0.15) is 0 Å². The van der Waals surface area contributed by atoms with Crippen molar-refractivity contribution in [2.45, 2.75) is 20.3 Å². The number of aryl methyl sites for hydroxylation is 1. The van der Waals surface area contributed by atoms with Gasteiger partial charge in [-0.05, 0) is 31.9 Å². The predicted molar refractivity (Wildman–Crippen MR) is 48.5 cm³/mol. The van der Waals surface area contributed by atoms with Gasteiger partial charge in [0, 0.05) is 19.4 Å². The zero-order chi connectivity index (χ0) is 8.27. The van der Waals surface area contributed by atoms with Crippen LogP contribution in [0.1, 0.15) is 19.4 Å². The van der Waals surface area contributed by atoms with Gasteiger partial charge in [-0.3, -0.25) is 0 Å². The first kappa shape index (κ1) is 8.12. The van der Waals surface area contributed by atoms with E-state index in [1.165, 1.54) is 11.1 Å². The molecule has 1 aromatic heterocycles. The minimum Gasteiger partial charge on any atom is -0.357 e. The summed E-state index contributed by atoms with van der Waals surface area (Å²) in [6.07, 6.45) is 7.53. The van der Waals surface area contributed by atoms with E-state index in [0.717, 1.165) is 6.42 Å². The van der Waals surface area contributed by atoms with Gasteiger partial charge in [0.05, 0.1) is 0 Å². The third-order valence-electron chi connectivity index (χ3n) is 1.64. The average molecular weight is 149 g/mol. The quantitative estimate of drug-likeness (QED) is 0.569. The van der Waals surface area contributed by atoms with E-state index in [4.69, 9.17) is 0 Å². The normalized spacial score (nSPS) is 9.73. The third kappa shape index (κ3) is 2.62. The molecule has 0 N–H and O–H groups in total. The van der Waals surface area contributed by atoms with Crippen LogP contribution >= 0.6 is 0 Å². The first-order chi connectivity index (χ1) is 5.18. The van der Waals surface area contributed by atoms with Gasteiger partial charge < -0.3 is 4.57 Å². The van der Waals surface area contributed by atoms with Crippen LogP contribution < -0.4 is 0 Å². The second-order valence-corrected chi connectivity index (χ2v) is 3.17. The molecule has 60 valence electrons. The van der Waals surface area contributed by atoms with Crippen LogP contribution in [0, 0.1) is 0 Å². The monoisotopic (exact) mass is 149 g/mol. The Hall–Kier alpha value is -0.980. The van der Waals surface area contributed by atoms with Crippen LogP contribution in [0.3, 0.4) is 0 Å². The second kappa shape index (κ2) is 3.42. The molecule has 0 radical (unpaired) electrons. The average Bonchev–Trinajstić information content (AvgIpc) is 2.31. The van der Waals surface area contributed by atoms with E-state index in [1.54, 1.807) is 0 Å². The molecule has 1 aromatic rings. The van der Waals surface area contributed by atoms with Crippen LogP contribution in [0.2, 0.25) is 0 Å². The van der Waals surface area contributed by atoms with Crippen LogP contribution in [0.25, 0.3) is 0 Å². The summed E-state index contributed by atoms with van der Waals surface area (Å²) in [6.45, 7) is 4.26. The van der Waals surface area contributed by atoms with Crippen LogP contribution in [0.15, 0.2) is 30.1 Å². The fourth-order valence-corrected chi connectivity index (χ4v) is 1.00. The van der Waals surface area contributed by atoms with Gasteiger partial charge in [0.2, 0.25) is 0 Å². The summed E-state index contributed by atoms with van der Waals surface area (Å²) in [6, 6.07) is 2.15. The maximum Gasteiger partial charge on any atom is 0.0106 e. The van der Waals surface area contributed by atoms with Crippen LogP contribution in [0.5, 0.6) is 0 Å². The van der Waals surface area contributed by atoms with Crippen molar-refractivity contribution in [2.24, 2.45) is 7.05 Å². The lowest BCUT2D eigenvalue weighted by Crippen LogP contribution is -1.80. The van der Waals surface area contributed by atoms with E-state index in [0.29, 0.717) is 0 Å². The van der Waals surface area contributed by atoms with E-state index >= 15 is 0 Å². The van der Waals surface area contributed by atoms with Gasteiger partial charge in [0.25, 0.3) is 0 Å². The molecule has 0 atom stereocenters. The zero-order valence-electron chi connectivity index (χ0n) is 7.46. The first-order valence-electron chi connectivity index (χ1n) is 3.92. The zero-order valence-corrected chi connectivity index (χ0v) is 7.46. The molecule has 1 nitrogen and oxygen atoms in total. The summed E-state index contributed by atoms with van der Waals surface area (Å²) in [5, 5.41) is 0. The molecule has 0 aliphatic heterocycles. The van der Waals surface area contributed by atoms with Gasteiger partial charge in [-0.2, -0.15) is 0 Å². The SMILES string of the molecule is CC(C)=CCc1ccn(C)c1. The van der Waals surface area contributed by atoms with Crippen molar-refractivity contribution in [1.82, 2.24) is 4.57 Å². The van der Waals surface area contributed by atoms with E-state index in [1.807, 2.05) is 7.05 Å². The molecule has 0 saturated carbocycles. The highest BCUT2D eigenvalue weighted by Crippen LogP contribution is 2.02. The number of hydrogen-bond donors (Lipinski definition) is 0. The minimum atomic E-state index is 1.06. The van der Waals surface area contributed by atoms with Crippen molar-refractivity contribution in [3.8, 4) is 0 Å². The summed E-state index contributed by atoms with van der Waals surface area (Å²) >= 11 is 0. The largest absolute Gasteiger partial charge is 0.357 e. The van der Waals surface area contributed by atoms with Gasteiger partial charge in [0.15, 0.2) is 0 Å². The highest BCUT2D eigenvalue weighted by Gasteiger charge is 1.90. The van der Waals surface area contributed by atoms with Crippen molar-refractivity contribution in [2.75, 3.05) is 0 Å². The molecule has 0 saturated heterocycles. The fraction of sp³-hybridized carbons (Fsp3) is 0.400. The molecule has 0 aromatic carbocycles. The van der Waals surface area contributed by atoms with Crippen molar-refractivity contribution in [1.29, 1.82) is 0 Å². The van der Waals surface area contributed by atoms with Crippen LogP contribution in [-0.2, 0) is 13.5 Å². The maximum absolute atomic E-state index is 2.25. The molecule has 0 unspecified atom stereocenters. The number of hydrogen-bond acceptors (Lipinski definition) is 0. The lowest BCUT2D eigenvalue weighted by molar-refractivity contribution is 0.922. The molecule has 0 aliphatic rings. The summed E-state index contributed by atoms with van der Waals surface area (Å²) < 4.78 is 2.08. The molecule has 1 rings (SSSR count). The second-order valence-electron chi connectivity index (χ2n) is 3.17. The number of aromatic nitrogens is 1. The lowest BCUT2D eigenvalue weighted by Gasteiger charge is -1.90. The Morgan fingerprint density at radius 3 is 2.73 bits per heavy atom. The van der Waals surface area contributed by atoms with Crippen LogP contribution in [-0.4, -0.2) is 4.57 Å². The highest BCUT2D eigenvalue weighted by molar-refractivity contribution is 5.15. The number of rotatable bonds is 2. The Bertz CT molecular complexity index is 252. The standard InChI is InChI=1S/C10H15N/c1-9(2)4-5-10-6-7-11(3)8-10/h4,6-8H,5H2,1-3H3. The topological polar surface area (TPSA) is 4.93 Å². The number of nitrogens with zero attached hydrogens (tertiary/aromatic N) is 1. The Balaban J connectivity index is 2.58. The van der Waals surface area contributed by atoms with Crippen molar-refractivity contribution < 1.29 is 0 Å². The highest BCUT2D eigenvalue weighted by atomic mass is 14.9. The Morgan fingerprint density at radius 2 is 2.27 bits per heavy atom. The maximum atomic E-state index is 2.25. The summed E-state index contributed by atoms with van der Waals surface area (Å²) in [5.74, 6) is 0. The molecule has 0 amide bonds.